The number of carbonyl (C=O) groups is 1. The average Bonchev–Trinajstić information content (AvgIpc) is 3.34. The van der Waals surface area contributed by atoms with Gasteiger partial charge in [-0.3, -0.25) is 9.20 Å². The number of rotatable bonds is 6. The first-order valence-corrected chi connectivity index (χ1v) is 15.0. The quantitative estimate of drug-likeness (QED) is 0.294. The largest absolute Gasteiger partial charge is 0.481 e. The normalized spacial score (nSPS) is 18.3. The summed E-state index contributed by atoms with van der Waals surface area (Å²) >= 11 is 6.52. The van der Waals surface area contributed by atoms with Crippen molar-refractivity contribution in [2.24, 2.45) is 0 Å². The van der Waals surface area contributed by atoms with Gasteiger partial charge in [0.25, 0.3) is 0 Å². The predicted molar refractivity (Wildman–Crippen MR) is 146 cm³/mol. The number of carboxylic acid groups (broad SMARTS) is 1. The second-order valence-corrected chi connectivity index (χ2v) is 13.1. The van der Waals surface area contributed by atoms with E-state index in [0.717, 1.165) is 27.0 Å². The Morgan fingerprint density at radius 3 is 2.57 bits per heavy atom. The number of sulfonamides is 1. The van der Waals surface area contributed by atoms with Crippen molar-refractivity contribution in [2.75, 3.05) is 19.8 Å². The number of aromatic nitrogens is 3. The molecule has 2 aliphatic rings. The molecule has 6 rings (SSSR count). The van der Waals surface area contributed by atoms with E-state index in [9.17, 15) is 35.9 Å². The van der Waals surface area contributed by atoms with Gasteiger partial charge in [-0.15, -0.1) is 10.2 Å². The van der Waals surface area contributed by atoms with Gasteiger partial charge in [0.1, 0.15) is 16.5 Å². The van der Waals surface area contributed by atoms with Crippen molar-refractivity contribution >= 4 is 33.2 Å². The fraction of sp³-hybridized carbons (Fsp3) is 0.321. The van der Waals surface area contributed by atoms with E-state index >= 15 is 0 Å². The molecule has 1 spiro atoms. The summed E-state index contributed by atoms with van der Waals surface area (Å²) in [6.45, 7) is 1.32. The Morgan fingerprint density at radius 1 is 1.16 bits per heavy atom. The number of alkyl halides is 3. The Bertz CT molecular complexity index is 1910. The highest BCUT2D eigenvalue weighted by Gasteiger charge is 2.49. The summed E-state index contributed by atoms with van der Waals surface area (Å²) in [6.07, 6.45) is -4.07. The highest BCUT2D eigenvalue weighted by molar-refractivity contribution is 7.89. The van der Waals surface area contributed by atoms with E-state index in [-0.39, 0.29) is 53.2 Å². The van der Waals surface area contributed by atoms with Crippen LogP contribution in [0.5, 0.6) is 5.75 Å². The number of hydrogen-bond donors (Lipinski definition) is 1. The molecule has 0 unspecified atom stereocenters. The monoisotopic (exact) mass is 654 g/mol. The molecule has 2 aromatic carbocycles. The lowest BCUT2D eigenvalue weighted by Gasteiger charge is -2.41. The highest BCUT2D eigenvalue weighted by atomic mass is 35.5. The Labute approximate surface area is 252 Å². The maximum Gasteiger partial charge on any atom is 0.452 e. The fourth-order valence-corrected chi connectivity index (χ4v) is 7.37. The van der Waals surface area contributed by atoms with Gasteiger partial charge in [-0.05, 0) is 59.5 Å². The zero-order chi connectivity index (χ0) is 31.6. The molecule has 232 valence electrons. The van der Waals surface area contributed by atoms with Gasteiger partial charge in [-0.1, -0.05) is 23.7 Å². The third kappa shape index (κ3) is 5.27. The first kappa shape index (κ1) is 30.2. The van der Waals surface area contributed by atoms with Crippen LogP contribution in [-0.2, 0) is 32.3 Å². The Morgan fingerprint density at radius 2 is 1.91 bits per heavy atom. The number of nitrogens with zero attached hydrogens (tertiary/aromatic N) is 4. The molecular weight excluding hydrogens is 632 g/mol. The first-order valence-electron chi connectivity index (χ1n) is 13.2. The molecular formula is C28H23ClF4N4O6S. The number of halogens is 5. The van der Waals surface area contributed by atoms with Gasteiger partial charge >= 0.3 is 12.1 Å². The maximum atomic E-state index is 14.2. The molecule has 2 aliphatic heterocycles. The summed E-state index contributed by atoms with van der Waals surface area (Å²) in [6, 6.07) is 9.23. The number of benzene rings is 2. The van der Waals surface area contributed by atoms with Crippen LogP contribution in [0.4, 0.5) is 17.6 Å². The summed E-state index contributed by atoms with van der Waals surface area (Å²) in [5.41, 5.74) is 0.321. The zero-order valence-corrected chi connectivity index (χ0v) is 24.4. The molecule has 16 heteroatoms. The van der Waals surface area contributed by atoms with Crippen LogP contribution < -0.4 is 4.74 Å². The topological polar surface area (TPSA) is 123 Å². The third-order valence-electron chi connectivity index (χ3n) is 7.74. The molecule has 44 heavy (non-hydrogen) atoms. The van der Waals surface area contributed by atoms with Gasteiger partial charge in [0, 0.05) is 23.7 Å². The Hall–Kier alpha value is -3.79. The predicted octanol–water partition coefficient (Wildman–Crippen LogP) is 4.81. The van der Waals surface area contributed by atoms with Crippen LogP contribution in [0.25, 0.3) is 5.65 Å². The molecule has 1 atom stereocenters. The van der Waals surface area contributed by atoms with E-state index in [2.05, 4.69) is 10.2 Å². The zero-order valence-electron chi connectivity index (χ0n) is 22.8. The lowest BCUT2D eigenvalue weighted by atomic mass is 9.86. The molecule has 0 aliphatic carbocycles. The molecule has 4 aromatic rings. The van der Waals surface area contributed by atoms with Crippen molar-refractivity contribution in [3.8, 4) is 5.75 Å². The van der Waals surface area contributed by atoms with Crippen LogP contribution in [0.3, 0.4) is 0 Å². The van der Waals surface area contributed by atoms with Crippen molar-refractivity contribution in [1.29, 1.82) is 0 Å². The first-order chi connectivity index (χ1) is 20.7. The minimum Gasteiger partial charge on any atom is -0.481 e. The van der Waals surface area contributed by atoms with Gasteiger partial charge in [-0.2, -0.15) is 17.5 Å². The van der Waals surface area contributed by atoms with E-state index in [1.807, 2.05) is 0 Å². The van der Waals surface area contributed by atoms with Gasteiger partial charge in [-0.25, -0.2) is 12.8 Å². The number of fused-ring (bicyclic) bond motifs is 2. The molecule has 4 heterocycles. The van der Waals surface area contributed by atoms with E-state index < -0.39 is 51.8 Å². The maximum absolute atomic E-state index is 14.2. The number of aliphatic carboxylic acids is 1. The van der Waals surface area contributed by atoms with Crippen molar-refractivity contribution in [3.63, 3.8) is 0 Å². The Kier molecular flexibility index (Phi) is 7.34. The lowest BCUT2D eigenvalue weighted by molar-refractivity contribution is -0.165. The van der Waals surface area contributed by atoms with Gasteiger partial charge in [0.15, 0.2) is 11.2 Å². The number of hydrogen-bond acceptors (Lipinski definition) is 7. The smallest absolute Gasteiger partial charge is 0.452 e. The fourth-order valence-electron chi connectivity index (χ4n) is 5.57. The van der Waals surface area contributed by atoms with E-state index in [1.165, 1.54) is 25.1 Å². The second kappa shape index (κ2) is 10.7. The highest BCUT2D eigenvalue weighted by Crippen LogP contribution is 2.40. The summed E-state index contributed by atoms with van der Waals surface area (Å²) < 4.78 is 95.2. The SMILES string of the molecule is Cc1c([C@@H](CC(=O)O)c2ccc(Cl)c(CN3CC4(COC4)Oc4ccc(F)cc4S3(=O)=O)c2)ccn2c(C(F)(F)F)nnc12. The summed E-state index contributed by atoms with van der Waals surface area (Å²) in [5, 5.41) is 16.9. The molecule has 10 nitrogen and oxygen atoms in total. The van der Waals surface area contributed by atoms with Gasteiger partial charge in [0.2, 0.25) is 15.8 Å². The standard InChI is InChI=1S/C28H23ClF4N4O6S/c1-15-19(6-7-37-25(15)34-35-26(37)28(31,32)33)20(10-24(38)39)16-2-4-21(29)17(8-16)11-36-12-27(13-42-14-27)43-22-5-3-18(30)9-23(22)44(36,40)41/h2-9,20H,10-14H2,1H3,(H,38,39)/t20-/m0/s1. The van der Waals surface area contributed by atoms with Gasteiger partial charge in [0.05, 0.1) is 26.2 Å². The molecule has 0 radical (unpaired) electrons. The number of aryl methyl sites for hydroxylation is 1. The number of ether oxygens (including phenoxy) is 2. The van der Waals surface area contributed by atoms with Crippen LogP contribution in [0, 0.1) is 12.7 Å². The van der Waals surface area contributed by atoms with Crippen molar-refractivity contribution < 1.29 is 45.4 Å². The van der Waals surface area contributed by atoms with Gasteiger partial charge < -0.3 is 14.6 Å². The minimum absolute atomic E-state index is 0.00778. The summed E-state index contributed by atoms with van der Waals surface area (Å²) in [7, 11) is -4.30. The van der Waals surface area contributed by atoms with Crippen LogP contribution in [-0.4, -0.2) is 63.8 Å². The number of pyridine rings is 1. The molecule has 0 saturated carbocycles. The molecule has 1 fully saturated rings. The van der Waals surface area contributed by atoms with Crippen LogP contribution in [0.1, 0.15) is 40.4 Å². The molecule has 1 saturated heterocycles. The summed E-state index contributed by atoms with van der Waals surface area (Å²) in [4.78, 5) is 11.6. The molecule has 1 N–H and O–H groups in total. The van der Waals surface area contributed by atoms with Crippen molar-refractivity contribution in [2.45, 2.75) is 42.5 Å². The van der Waals surface area contributed by atoms with Crippen LogP contribution in [0.15, 0.2) is 53.6 Å². The van der Waals surface area contributed by atoms with Crippen molar-refractivity contribution in [3.05, 3.63) is 87.6 Å². The number of carboxylic acids is 1. The average molecular weight is 655 g/mol. The Balaban J connectivity index is 1.41. The van der Waals surface area contributed by atoms with E-state index in [4.69, 9.17) is 21.1 Å². The minimum atomic E-state index is -4.76. The molecule has 0 amide bonds. The third-order valence-corrected chi connectivity index (χ3v) is 9.92. The van der Waals surface area contributed by atoms with Crippen molar-refractivity contribution in [1.82, 2.24) is 18.9 Å². The molecule has 0 bridgehead atoms. The van der Waals surface area contributed by atoms with Crippen LogP contribution >= 0.6 is 11.6 Å². The lowest BCUT2D eigenvalue weighted by Crippen LogP contribution is -2.60. The van der Waals surface area contributed by atoms with Crippen LogP contribution in [0.2, 0.25) is 5.02 Å². The van der Waals surface area contributed by atoms with E-state index in [0.29, 0.717) is 16.7 Å². The summed E-state index contributed by atoms with van der Waals surface area (Å²) in [5.74, 6) is -4.04. The second-order valence-electron chi connectivity index (χ2n) is 10.8. The van der Waals surface area contributed by atoms with E-state index in [1.54, 1.807) is 12.1 Å². The molecule has 2 aromatic heterocycles.